The summed E-state index contributed by atoms with van der Waals surface area (Å²) >= 11 is 6.13. The number of hydrogen-bond acceptors (Lipinski definition) is 5. The van der Waals surface area contributed by atoms with Crippen LogP contribution in [0.4, 0.5) is 11.5 Å². The summed E-state index contributed by atoms with van der Waals surface area (Å²) in [4.78, 5) is 9.63. The molecule has 0 spiro atoms. The number of aromatic nitrogens is 3. The molecule has 128 valence electrons. The highest BCUT2D eigenvalue weighted by atomic mass is 35.5. The van der Waals surface area contributed by atoms with Crippen LogP contribution >= 0.6 is 11.6 Å². The average Bonchev–Trinajstić information content (AvgIpc) is 3.04. The Balaban J connectivity index is 2.01. The second-order valence-corrected chi connectivity index (χ2v) is 5.70. The van der Waals surface area contributed by atoms with Crippen LogP contribution in [0.5, 0.6) is 5.75 Å². The normalized spacial score (nSPS) is 10.6. The second-order valence-electron chi connectivity index (χ2n) is 5.31. The number of aliphatic hydroxyl groups is 1. The highest BCUT2D eigenvalue weighted by molar-refractivity contribution is 6.29. The van der Waals surface area contributed by atoms with E-state index in [9.17, 15) is 5.11 Å². The number of imidazole rings is 1. The smallest absolute Gasteiger partial charge is 0.275 e. The maximum absolute atomic E-state index is 9.46. The first kappa shape index (κ1) is 17.0. The van der Waals surface area contributed by atoms with Crippen molar-refractivity contribution in [3.8, 4) is 5.75 Å². The van der Waals surface area contributed by atoms with Gasteiger partial charge in [0.15, 0.2) is 5.15 Å². The van der Waals surface area contributed by atoms with Crippen LogP contribution in [0.1, 0.15) is 5.56 Å². The van der Waals surface area contributed by atoms with E-state index in [1.54, 1.807) is 13.2 Å². The molecule has 0 saturated carbocycles. The number of halogens is 1. The van der Waals surface area contributed by atoms with Crippen molar-refractivity contribution in [2.24, 2.45) is 0 Å². The Morgan fingerprint density at radius 1 is 1.36 bits per heavy atom. The van der Waals surface area contributed by atoms with Crippen LogP contribution in [0.25, 0.3) is 10.5 Å². The van der Waals surface area contributed by atoms with Gasteiger partial charge in [-0.05, 0) is 17.7 Å². The van der Waals surface area contributed by atoms with Crippen molar-refractivity contribution < 1.29 is 9.84 Å². The summed E-state index contributed by atoms with van der Waals surface area (Å²) < 4.78 is 6.59. The first-order valence-corrected chi connectivity index (χ1v) is 7.94. The molecule has 2 heterocycles. The Labute approximate surface area is 149 Å². The van der Waals surface area contributed by atoms with E-state index in [-0.39, 0.29) is 17.6 Å². The van der Waals surface area contributed by atoms with Crippen LogP contribution < -0.4 is 9.64 Å². The number of aliphatic hydroxyl groups excluding tert-OH is 1. The Bertz CT molecular complexity index is 917. The van der Waals surface area contributed by atoms with Gasteiger partial charge in [-0.3, -0.25) is 0 Å². The van der Waals surface area contributed by atoms with Crippen molar-refractivity contribution >= 4 is 28.8 Å². The van der Waals surface area contributed by atoms with Crippen LogP contribution in [-0.2, 0) is 6.54 Å². The quantitative estimate of drug-likeness (QED) is 0.687. The minimum absolute atomic E-state index is 0.0291. The van der Waals surface area contributed by atoms with E-state index in [2.05, 4.69) is 14.9 Å². The molecule has 8 heteroatoms. The van der Waals surface area contributed by atoms with Crippen molar-refractivity contribution in [3.63, 3.8) is 0 Å². The maximum Gasteiger partial charge on any atom is 0.275 e. The highest BCUT2D eigenvalue weighted by Crippen LogP contribution is 2.28. The SMILES string of the molecule is [C-]#[N+]c1cnc2c(N(CCO)Cc3ccc(OC)cc3)cc(Cl)nn12. The monoisotopic (exact) mass is 357 g/mol. The molecule has 0 fully saturated rings. The number of ether oxygens (including phenoxy) is 1. The predicted molar refractivity (Wildman–Crippen MR) is 95.4 cm³/mol. The van der Waals surface area contributed by atoms with Crippen molar-refractivity contribution in [2.45, 2.75) is 6.54 Å². The molecule has 0 amide bonds. The molecule has 1 N–H and O–H groups in total. The molecule has 0 atom stereocenters. The largest absolute Gasteiger partial charge is 0.497 e. The first-order valence-electron chi connectivity index (χ1n) is 7.56. The Morgan fingerprint density at radius 3 is 2.76 bits per heavy atom. The molecule has 0 saturated heterocycles. The fourth-order valence-corrected chi connectivity index (χ4v) is 2.76. The number of hydrogen-bond donors (Lipinski definition) is 1. The van der Waals surface area contributed by atoms with Crippen LogP contribution in [0, 0.1) is 6.57 Å². The first-order chi connectivity index (χ1) is 12.2. The molecule has 1 aromatic carbocycles. The van der Waals surface area contributed by atoms with E-state index in [0.717, 1.165) is 11.3 Å². The third-order valence-corrected chi connectivity index (χ3v) is 3.94. The average molecular weight is 358 g/mol. The van der Waals surface area contributed by atoms with Gasteiger partial charge in [0, 0.05) is 19.2 Å². The summed E-state index contributed by atoms with van der Waals surface area (Å²) in [7, 11) is 1.62. The topological polar surface area (TPSA) is 67.2 Å². The molecular formula is C17H16ClN5O2. The maximum atomic E-state index is 9.46. The summed E-state index contributed by atoms with van der Waals surface area (Å²) in [6.07, 6.45) is 1.46. The lowest BCUT2D eigenvalue weighted by molar-refractivity contribution is 0.301. The lowest BCUT2D eigenvalue weighted by atomic mass is 10.2. The van der Waals surface area contributed by atoms with Gasteiger partial charge >= 0.3 is 0 Å². The number of anilines is 1. The molecule has 3 aromatic rings. The van der Waals surface area contributed by atoms with Crippen molar-refractivity contribution in [1.29, 1.82) is 0 Å². The van der Waals surface area contributed by atoms with Crippen molar-refractivity contribution in [1.82, 2.24) is 14.6 Å². The third kappa shape index (κ3) is 3.50. The van der Waals surface area contributed by atoms with Crippen molar-refractivity contribution in [3.05, 3.63) is 58.7 Å². The van der Waals surface area contributed by atoms with Crippen LogP contribution in [0.2, 0.25) is 5.15 Å². The molecule has 0 aliphatic heterocycles. The predicted octanol–water partition coefficient (Wildman–Crippen LogP) is 2.94. The van der Waals surface area contributed by atoms with Crippen LogP contribution in [0.15, 0.2) is 36.5 Å². The zero-order valence-corrected chi connectivity index (χ0v) is 14.3. The molecule has 0 aliphatic carbocycles. The number of nitrogens with zero attached hydrogens (tertiary/aromatic N) is 5. The van der Waals surface area contributed by atoms with Gasteiger partial charge < -0.3 is 19.6 Å². The van der Waals surface area contributed by atoms with Gasteiger partial charge in [-0.2, -0.15) is 0 Å². The summed E-state index contributed by atoms with van der Waals surface area (Å²) in [6, 6.07) is 9.37. The fraction of sp³-hybridized carbons (Fsp3) is 0.235. The molecule has 0 aliphatic rings. The standard InChI is InChI=1S/C17H16ClN5O2/c1-19-16-10-20-17-14(9-15(18)21-23(16)17)22(7-8-24)11-12-3-5-13(25-2)6-4-12/h3-6,9-10,24H,7-8,11H2,2H3. The van der Waals surface area contributed by atoms with Crippen molar-refractivity contribution in [2.75, 3.05) is 25.2 Å². The van der Waals surface area contributed by atoms with E-state index in [0.29, 0.717) is 24.4 Å². The molecule has 0 unspecified atom stereocenters. The number of fused-ring (bicyclic) bond motifs is 1. The lowest BCUT2D eigenvalue weighted by Gasteiger charge is -2.23. The second kappa shape index (κ2) is 7.38. The molecule has 25 heavy (non-hydrogen) atoms. The van der Waals surface area contributed by atoms with E-state index >= 15 is 0 Å². The van der Waals surface area contributed by atoms with Gasteiger partial charge in [0.05, 0.1) is 19.9 Å². The highest BCUT2D eigenvalue weighted by Gasteiger charge is 2.19. The molecule has 3 rings (SSSR count). The van der Waals surface area contributed by atoms with Gasteiger partial charge in [0.2, 0.25) is 0 Å². The van der Waals surface area contributed by atoms with Crippen LogP contribution in [0.3, 0.4) is 0 Å². The van der Waals surface area contributed by atoms with E-state index in [1.807, 2.05) is 29.2 Å². The lowest BCUT2D eigenvalue weighted by Crippen LogP contribution is -2.27. The minimum atomic E-state index is -0.0291. The van der Waals surface area contributed by atoms with E-state index < -0.39 is 0 Å². The van der Waals surface area contributed by atoms with Gasteiger partial charge in [-0.15, -0.1) is 4.52 Å². The number of methoxy groups -OCH3 is 1. The minimum Gasteiger partial charge on any atom is -0.497 e. The Morgan fingerprint density at radius 2 is 2.12 bits per heavy atom. The van der Waals surface area contributed by atoms with Gasteiger partial charge in [0.25, 0.3) is 11.5 Å². The molecule has 2 aromatic heterocycles. The van der Waals surface area contributed by atoms with Crippen LogP contribution in [-0.4, -0.2) is 40.0 Å². The summed E-state index contributed by atoms with van der Waals surface area (Å²) in [5.74, 6) is 1.06. The van der Waals surface area contributed by atoms with Gasteiger partial charge in [-0.1, -0.05) is 35.4 Å². The molecule has 0 bridgehead atoms. The molecule has 7 nitrogen and oxygen atoms in total. The zero-order chi connectivity index (χ0) is 17.8. The Hall–Kier alpha value is -2.82. The van der Waals surface area contributed by atoms with E-state index in [4.69, 9.17) is 22.9 Å². The van der Waals surface area contributed by atoms with Gasteiger partial charge in [-0.25, -0.2) is 4.98 Å². The molecule has 0 radical (unpaired) electrons. The van der Waals surface area contributed by atoms with E-state index in [1.165, 1.54) is 10.7 Å². The zero-order valence-electron chi connectivity index (χ0n) is 13.6. The van der Waals surface area contributed by atoms with Gasteiger partial charge in [0.1, 0.15) is 11.4 Å². The summed E-state index contributed by atoms with van der Waals surface area (Å²) in [6.45, 7) is 8.11. The summed E-state index contributed by atoms with van der Waals surface area (Å²) in [5.41, 5.74) is 2.27. The molecular weight excluding hydrogens is 342 g/mol. The number of rotatable bonds is 6. The number of benzene rings is 1. The fourth-order valence-electron chi connectivity index (χ4n) is 2.58. The Kier molecular flexibility index (Phi) is 5.03. The summed E-state index contributed by atoms with van der Waals surface area (Å²) in [5, 5.41) is 13.9. The third-order valence-electron chi connectivity index (χ3n) is 3.76.